The molecular formula is C80H140O16Sn. The first-order valence-electron chi connectivity index (χ1n) is 38.5. The molecule has 0 saturated heterocycles. The van der Waals surface area contributed by atoms with Gasteiger partial charge in [0.1, 0.15) is 0 Å². The summed E-state index contributed by atoms with van der Waals surface area (Å²) in [4.78, 5) is 92.1. The summed E-state index contributed by atoms with van der Waals surface area (Å²) in [6.07, 6.45) is 48.8. The van der Waals surface area contributed by atoms with Crippen LogP contribution in [0.25, 0.3) is 0 Å². The largest absolute Gasteiger partial charge is 4.00 e. The molecule has 4 unspecified atom stereocenters. The number of hydrogen-bond donors (Lipinski definition) is 0. The van der Waals surface area contributed by atoms with Crippen LogP contribution in [0.2, 0.25) is 0 Å². The molecule has 0 amide bonds. The number of carboxylic acid groups (broad SMARTS) is 4. The Balaban J connectivity index is -0.000000386. The maximum atomic E-state index is 12.2. The molecule has 0 aliphatic carbocycles. The summed E-state index contributed by atoms with van der Waals surface area (Å²) in [5, 5.41) is 43.5. The maximum absolute atomic E-state index is 12.2. The van der Waals surface area contributed by atoms with Gasteiger partial charge in [0.2, 0.25) is 0 Å². The van der Waals surface area contributed by atoms with Crippen molar-refractivity contribution in [2.75, 3.05) is 26.4 Å². The molecule has 97 heavy (non-hydrogen) atoms. The van der Waals surface area contributed by atoms with Crippen LogP contribution in [0.4, 0.5) is 0 Å². The second-order valence-electron chi connectivity index (χ2n) is 26.1. The predicted molar refractivity (Wildman–Crippen MR) is 387 cm³/mol. The Kier molecular flexibility index (Phi) is 79.0. The Labute approximate surface area is 608 Å². The number of unbranched alkanes of at least 4 members (excludes halogenated alkanes) is 24. The van der Waals surface area contributed by atoms with Crippen LogP contribution in [0.1, 0.15) is 366 Å². The number of ether oxygens (including phenoxy) is 4. The van der Waals surface area contributed by atoms with E-state index >= 15 is 0 Å². The van der Waals surface area contributed by atoms with E-state index in [1.54, 1.807) is 0 Å². The van der Waals surface area contributed by atoms with Crippen LogP contribution in [-0.4, -0.2) is 98.1 Å². The first kappa shape index (κ1) is 101. The predicted octanol–water partition coefficient (Wildman–Crippen LogP) is 16.3. The minimum atomic E-state index is -1.33. The van der Waals surface area contributed by atoms with E-state index in [1.807, 2.05) is 0 Å². The fourth-order valence-electron chi connectivity index (χ4n) is 11.0. The van der Waals surface area contributed by atoms with Crippen molar-refractivity contribution in [2.24, 2.45) is 23.7 Å². The summed E-state index contributed by atoms with van der Waals surface area (Å²) in [5.41, 5.74) is 0.959. The molecule has 0 aromatic rings. The van der Waals surface area contributed by atoms with Crippen molar-refractivity contribution in [2.45, 2.75) is 366 Å². The van der Waals surface area contributed by atoms with Gasteiger partial charge in [0.05, 0.1) is 50.3 Å². The molecule has 0 aromatic heterocycles. The minimum absolute atomic E-state index is 0. The molecule has 0 aliphatic rings. The van der Waals surface area contributed by atoms with Gasteiger partial charge in [-0.3, -0.25) is 0 Å². The van der Waals surface area contributed by atoms with Crippen LogP contribution in [0, 0.1) is 23.7 Å². The average molecular weight is 1480 g/mol. The van der Waals surface area contributed by atoms with E-state index in [4.69, 9.17) is 18.9 Å². The summed E-state index contributed by atoms with van der Waals surface area (Å²) in [6.45, 7) is 26.9. The topological polar surface area (TPSA) is 266 Å². The number of esters is 4. The van der Waals surface area contributed by atoms with Gasteiger partial charge in [-0.2, -0.15) is 0 Å². The first-order valence-corrected chi connectivity index (χ1v) is 38.5. The average Bonchev–Trinajstić information content (AvgIpc) is 3.40. The van der Waals surface area contributed by atoms with E-state index in [2.05, 4.69) is 83.1 Å². The van der Waals surface area contributed by atoms with Crippen LogP contribution in [0.15, 0.2) is 46.6 Å². The molecule has 0 radical (unpaired) electrons. The fourth-order valence-corrected chi connectivity index (χ4v) is 11.0. The molecule has 0 aromatic carbocycles. The van der Waals surface area contributed by atoms with Gasteiger partial charge in [0.25, 0.3) is 0 Å². The van der Waals surface area contributed by atoms with E-state index in [9.17, 15) is 58.8 Å². The van der Waals surface area contributed by atoms with E-state index in [0.29, 0.717) is 75.8 Å². The first-order chi connectivity index (χ1) is 46.2. The molecule has 0 saturated carbocycles. The Morgan fingerprint density at radius 1 is 0.247 bits per heavy atom. The summed E-state index contributed by atoms with van der Waals surface area (Å²) in [7, 11) is 0. The number of carboxylic acids is 4. The van der Waals surface area contributed by atoms with Crippen LogP contribution < -0.4 is 20.4 Å². The van der Waals surface area contributed by atoms with Crippen molar-refractivity contribution in [3.63, 3.8) is 0 Å². The minimum Gasteiger partial charge on any atom is -0.545 e. The quantitative estimate of drug-likeness (QED) is 0.0180. The molecule has 4 atom stereocenters. The number of hydrogen-bond acceptors (Lipinski definition) is 16. The molecule has 0 rings (SSSR count). The standard InChI is InChI=1S/4C20H36O4.Sn/c4*1-4-7-9-10-11-12-14-24-20(23)18(16-19(21)22)15-17(6-3)13-8-5-2;/h4*16-17H,4-15H2,1-3H3,(H,21,22);/q;;;;+4/p-4/b4*18-16-;. The van der Waals surface area contributed by atoms with Gasteiger partial charge in [-0.1, -0.05) is 314 Å². The second-order valence-corrected chi connectivity index (χ2v) is 26.1. The Bertz CT molecular complexity index is 1790. The molecule has 16 nitrogen and oxygen atoms in total. The number of aliphatic carboxylic acids is 4. The molecule has 560 valence electrons. The monoisotopic (exact) mass is 1480 g/mol. The number of rotatable bonds is 60. The summed E-state index contributed by atoms with van der Waals surface area (Å²) < 4.78 is 21.1. The van der Waals surface area contributed by atoms with Gasteiger partial charge < -0.3 is 58.6 Å². The van der Waals surface area contributed by atoms with Gasteiger partial charge in [-0.25, -0.2) is 19.2 Å². The van der Waals surface area contributed by atoms with E-state index in [1.165, 1.54) is 77.0 Å². The van der Waals surface area contributed by atoms with E-state index in [0.717, 1.165) is 204 Å². The van der Waals surface area contributed by atoms with Gasteiger partial charge in [-0.05, 0) is 99.3 Å². The molecule has 0 fully saturated rings. The SMILES string of the molecule is CCCCCCCCOC(=O)/C(=C\C(=O)[O-])CC(CC)CCCC.CCCCCCCCOC(=O)/C(=C\C(=O)[O-])CC(CC)CCCC.CCCCCCCCOC(=O)/C(=C\C(=O)[O-])CC(CC)CCCC.CCCCCCCCOC(=O)/C(=C\C(=O)[O-])CC(CC)CCCC.[Sn+4]. The Hall–Kier alpha value is -4.48. The zero-order valence-corrected chi connectivity index (χ0v) is 66.4. The van der Waals surface area contributed by atoms with Crippen molar-refractivity contribution >= 4 is 71.7 Å². The van der Waals surface area contributed by atoms with Gasteiger partial charge in [-0.15, -0.1) is 0 Å². The third-order valence-corrected chi connectivity index (χ3v) is 17.3. The van der Waals surface area contributed by atoms with Crippen molar-refractivity contribution in [1.82, 2.24) is 0 Å². The maximum Gasteiger partial charge on any atom is 4.00 e. The summed E-state index contributed by atoms with van der Waals surface area (Å²) >= 11 is 0. The van der Waals surface area contributed by atoms with Crippen molar-refractivity contribution in [1.29, 1.82) is 0 Å². The number of carbonyl (C=O) groups excluding carboxylic acids is 8. The smallest absolute Gasteiger partial charge is 0.545 e. The van der Waals surface area contributed by atoms with Gasteiger partial charge in [0.15, 0.2) is 0 Å². The van der Waals surface area contributed by atoms with Crippen LogP contribution in [-0.2, 0) is 57.3 Å². The van der Waals surface area contributed by atoms with Gasteiger partial charge in [0, 0.05) is 22.3 Å². The second kappa shape index (κ2) is 75.7. The summed E-state index contributed by atoms with van der Waals surface area (Å²) in [6, 6.07) is 0. The van der Waals surface area contributed by atoms with E-state index in [-0.39, 0.29) is 46.2 Å². The molecule has 0 aliphatic heterocycles. The van der Waals surface area contributed by atoms with Crippen molar-refractivity contribution in [3.8, 4) is 0 Å². The molecule has 0 spiro atoms. The molecule has 0 N–H and O–H groups in total. The summed E-state index contributed by atoms with van der Waals surface area (Å²) in [5.74, 6) is -6.03. The molecule has 0 heterocycles. The third-order valence-electron chi connectivity index (χ3n) is 17.3. The number of carbonyl (C=O) groups is 8. The van der Waals surface area contributed by atoms with Gasteiger partial charge >= 0.3 is 47.8 Å². The molecule has 17 heteroatoms. The molecular weight excluding hydrogens is 1340 g/mol. The van der Waals surface area contributed by atoms with Crippen LogP contribution in [0.3, 0.4) is 0 Å². The third kappa shape index (κ3) is 68.4. The molecule has 0 bridgehead atoms. The Morgan fingerprint density at radius 2 is 0.402 bits per heavy atom. The van der Waals surface area contributed by atoms with E-state index < -0.39 is 47.8 Å². The van der Waals surface area contributed by atoms with Crippen LogP contribution in [0.5, 0.6) is 0 Å². The van der Waals surface area contributed by atoms with Crippen LogP contribution >= 0.6 is 0 Å². The normalized spacial score (nSPS) is 12.7. The van der Waals surface area contributed by atoms with Crippen molar-refractivity contribution in [3.05, 3.63) is 46.6 Å². The zero-order valence-electron chi connectivity index (χ0n) is 63.6. The zero-order chi connectivity index (χ0) is 72.8. The fraction of sp³-hybridized carbons (Fsp3) is 0.800. The Morgan fingerprint density at radius 3 is 0.546 bits per heavy atom. The van der Waals surface area contributed by atoms with Crippen molar-refractivity contribution < 1.29 is 77.7 Å².